The van der Waals surface area contributed by atoms with Crippen LogP contribution >= 0.6 is 23.2 Å². The van der Waals surface area contributed by atoms with Crippen LogP contribution in [-0.4, -0.2) is 110 Å². The monoisotopic (exact) mass is 1070 g/mol. The molecule has 4 aromatic rings. The Bertz CT molecular complexity index is 2580. The van der Waals surface area contributed by atoms with E-state index in [0.29, 0.717) is 47.4 Å². The third-order valence-corrected chi connectivity index (χ3v) is 13.8. The first-order chi connectivity index (χ1) is 35.8. The zero-order valence-electron chi connectivity index (χ0n) is 43.4. The van der Waals surface area contributed by atoms with E-state index in [2.05, 4.69) is 33.5 Å². The SMILES string of the molecule is CCc1ccc(NC(=O)OCC2(C(=O)NCc3ccccc3Cl)CCN(C(=O)CN)CC2)cc1.CCc1ccc(NC(=O)OCC2(C(=O)NCc3ccccc3Cl)CCN(C(=O)CNC(=O)OC(C)(C)C)CC2)cc1. The predicted molar refractivity (Wildman–Crippen MR) is 288 cm³/mol. The molecule has 0 bridgehead atoms. The molecule has 7 amide bonds. The average Bonchev–Trinajstić information content (AvgIpc) is 3.40. The molecule has 7 N–H and O–H groups in total. The zero-order valence-corrected chi connectivity index (χ0v) is 44.9. The largest absolute Gasteiger partial charge is 0.448 e. The summed E-state index contributed by atoms with van der Waals surface area (Å²) in [5.41, 5.74) is 7.83. The van der Waals surface area contributed by atoms with E-state index in [1.165, 1.54) is 0 Å². The van der Waals surface area contributed by atoms with Gasteiger partial charge in [0.2, 0.25) is 23.6 Å². The summed E-state index contributed by atoms with van der Waals surface area (Å²) < 4.78 is 16.2. The Morgan fingerprint density at radius 2 is 0.947 bits per heavy atom. The minimum absolute atomic E-state index is 0.0819. The number of hydrogen-bond acceptors (Lipinski definition) is 11. The fourth-order valence-electron chi connectivity index (χ4n) is 8.32. The second-order valence-corrected chi connectivity index (χ2v) is 20.2. The lowest BCUT2D eigenvalue weighted by molar-refractivity contribution is -0.142. The van der Waals surface area contributed by atoms with E-state index in [1.807, 2.05) is 79.7 Å². The van der Waals surface area contributed by atoms with Crippen molar-refractivity contribution in [3.63, 3.8) is 0 Å². The highest BCUT2D eigenvalue weighted by molar-refractivity contribution is 6.31. The van der Waals surface area contributed by atoms with Gasteiger partial charge >= 0.3 is 18.3 Å². The van der Waals surface area contributed by atoms with E-state index in [-0.39, 0.29) is 89.0 Å². The summed E-state index contributed by atoms with van der Waals surface area (Å²) in [6.07, 6.45) is 1.02. The number of amides is 7. The molecule has 404 valence electrons. The molecule has 0 unspecified atom stereocenters. The molecule has 2 heterocycles. The number of halogens is 2. The van der Waals surface area contributed by atoms with Crippen molar-refractivity contribution in [2.75, 3.05) is 63.1 Å². The summed E-state index contributed by atoms with van der Waals surface area (Å²) in [4.78, 5) is 91.8. The van der Waals surface area contributed by atoms with Gasteiger partial charge in [-0.05, 0) is 118 Å². The van der Waals surface area contributed by atoms with E-state index < -0.39 is 34.7 Å². The molecule has 0 spiro atoms. The first kappa shape index (κ1) is 59.0. The van der Waals surface area contributed by atoms with Gasteiger partial charge in [0.1, 0.15) is 25.4 Å². The van der Waals surface area contributed by atoms with E-state index >= 15 is 0 Å². The highest BCUT2D eigenvalue weighted by atomic mass is 35.5. The maximum absolute atomic E-state index is 13.5. The Hall–Kier alpha value is -6.89. The first-order valence-corrected chi connectivity index (χ1v) is 25.8. The lowest BCUT2D eigenvalue weighted by Gasteiger charge is -2.40. The summed E-state index contributed by atoms with van der Waals surface area (Å²) in [5.74, 6) is -1.00. The third kappa shape index (κ3) is 18.2. The number of benzene rings is 4. The van der Waals surface area contributed by atoms with Crippen LogP contribution in [0.2, 0.25) is 10.0 Å². The molecule has 2 saturated heterocycles. The molecule has 0 saturated carbocycles. The van der Waals surface area contributed by atoms with Crippen LogP contribution in [0.1, 0.15) is 82.6 Å². The topological polar surface area (TPSA) is 240 Å². The molecule has 6 rings (SSSR count). The van der Waals surface area contributed by atoms with Gasteiger partial charge in [-0.15, -0.1) is 0 Å². The van der Waals surface area contributed by atoms with Gasteiger partial charge < -0.3 is 45.7 Å². The molecule has 2 aliphatic heterocycles. The molecule has 0 aromatic heterocycles. The summed E-state index contributed by atoms with van der Waals surface area (Å²) in [5, 5.41) is 14.8. The number of aryl methyl sites for hydroxylation is 2. The summed E-state index contributed by atoms with van der Waals surface area (Å²) in [6.45, 7) is 10.4. The highest BCUT2D eigenvalue weighted by Crippen LogP contribution is 2.35. The Morgan fingerprint density at radius 1 is 0.560 bits per heavy atom. The van der Waals surface area contributed by atoms with Gasteiger partial charge in [-0.1, -0.05) is 97.7 Å². The van der Waals surface area contributed by atoms with Crippen LogP contribution < -0.4 is 32.3 Å². The van der Waals surface area contributed by atoms with Crippen molar-refractivity contribution in [2.24, 2.45) is 16.6 Å². The van der Waals surface area contributed by atoms with Crippen LogP contribution in [0.15, 0.2) is 97.1 Å². The molecule has 20 heteroatoms. The number of nitrogens with zero attached hydrogens (tertiary/aromatic N) is 2. The number of likely N-dealkylation sites (tertiary alicyclic amines) is 2. The Labute approximate surface area is 449 Å². The molecule has 2 aliphatic rings. The second kappa shape index (κ2) is 28.1. The van der Waals surface area contributed by atoms with E-state index in [0.717, 1.165) is 35.1 Å². The van der Waals surface area contributed by atoms with Crippen molar-refractivity contribution in [2.45, 2.75) is 91.8 Å². The fraction of sp³-hybridized carbons (Fsp3) is 0.436. The zero-order chi connectivity index (χ0) is 54.6. The Kier molecular flexibility index (Phi) is 22.1. The Balaban J connectivity index is 0.000000282. The van der Waals surface area contributed by atoms with Crippen molar-refractivity contribution >= 4 is 76.5 Å². The summed E-state index contributed by atoms with van der Waals surface area (Å²) >= 11 is 12.5. The van der Waals surface area contributed by atoms with Crippen molar-refractivity contribution < 1.29 is 47.8 Å². The standard InChI is InChI=1S/C30H39ClN4O6.C25H31ClN4O4/c1-5-21-10-12-23(13-11-21)34-28(39)40-20-30(26(37)32-18-22-8-6-7-9-24(22)31)14-16-35(17-15-30)25(36)19-33-27(38)41-29(2,3)4;1-2-18-7-9-20(10-8-18)29-24(33)34-17-25(11-13-30(14-12-25)22(31)15-27)23(32)28-16-19-5-3-4-6-21(19)26/h6-13H,5,14-20H2,1-4H3,(H,32,37)(H,33,38)(H,34,39);3-10H,2,11-17,27H2,1H3,(H,28,32)(H,29,33). The quantitative estimate of drug-likeness (QED) is 0.0551. The molecule has 18 nitrogen and oxygen atoms in total. The Morgan fingerprint density at radius 3 is 1.31 bits per heavy atom. The van der Waals surface area contributed by atoms with Crippen LogP contribution in [0.3, 0.4) is 0 Å². The molecule has 0 radical (unpaired) electrons. The molecule has 2 fully saturated rings. The third-order valence-electron chi connectivity index (χ3n) is 13.0. The number of hydrogen-bond donors (Lipinski definition) is 6. The van der Waals surface area contributed by atoms with Crippen LogP contribution in [0.25, 0.3) is 0 Å². The number of anilines is 2. The van der Waals surface area contributed by atoms with Gasteiger partial charge in [-0.3, -0.25) is 29.8 Å². The van der Waals surface area contributed by atoms with E-state index in [9.17, 15) is 33.6 Å². The van der Waals surface area contributed by atoms with Gasteiger partial charge in [-0.25, -0.2) is 14.4 Å². The van der Waals surface area contributed by atoms with Crippen LogP contribution in [0, 0.1) is 10.8 Å². The lowest BCUT2D eigenvalue weighted by atomic mass is 9.78. The molecule has 0 atom stereocenters. The van der Waals surface area contributed by atoms with Gasteiger partial charge in [0.15, 0.2) is 0 Å². The average molecular weight is 1070 g/mol. The number of carbonyl (C=O) groups excluding carboxylic acids is 7. The number of rotatable bonds is 17. The number of nitrogens with two attached hydrogens (primary N) is 1. The summed E-state index contributed by atoms with van der Waals surface area (Å²) in [6, 6.07) is 29.4. The first-order valence-electron chi connectivity index (χ1n) is 25.1. The van der Waals surface area contributed by atoms with E-state index in [1.54, 1.807) is 54.8 Å². The molecule has 0 aliphatic carbocycles. The molecule has 75 heavy (non-hydrogen) atoms. The van der Waals surface area contributed by atoms with Crippen molar-refractivity contribution in [1.82, 2.24) is 25.8 Å². The molecular formula is C55H70Cl2N8O10. The molecule has 4 aromatic carbocycles. The minimum Gasteiger partial charge on any atom is -0.448 e. The van der Waals surface area contributed by atoms with Gasteiger partial charge in [-0.2, -0.15) is 0 Å². The smallest absolute Gasteiger partial charge is 0.411 e. The summed E-state index contributed by atoms with van der Waals surface area (Å²) in [7, 11) is 0. The fourth-order valence-corrected chi connectivity index (χ4v) is 8.72. The molecular weight excluding hydrogens is 1000 g/mol. The number of piperidine rings is 2. The van der Waals surface area contributed by atoms with Crippen LogP contribution in [0.5, 0.6) is 0 Å². The second-order valence-electron chi connectivity index (χ2n) is 19.4. The normalized spacial score (nSPS) is 14.7. The van der Waals surface area contributed by atoms with Crippen LogP contribution in [0.4, 0.5) is 25.8 Å². The van der Waals surface area contributed by atoms with Crippen molar-refractivity contribution in [3.8, 4) is 0 Å². The maximum Gasteiger partial charge on any atom is 0.411 e. The van der Waals surface area contributed by atoms with Crippen molar-refractivity contribution in [1.29, 1.82) is 0 Å². The number of carbonyl (C=O) groups is 7. The van der Waals surface area contributed by atoms with Gasteiger partial charge in [0, 0.05) is 60.7 Å². The van der Waals surface area contributed by atoms with Crippen molar-refractivity contribution in [3.05, 3.63) is 129 Å². The van der Waals surface area contributed by atoms with Crippen LogP contribution in [-0.2, 0) is 59.3 Å². The highest BCUT2D eigenvalue weighted by Gasteiger charge is 2.45. The number of alkyl carbamates (subject to hydrolysis) is 1. The van der Waals surface area contributed by atoms with Gasteiger partial charge in [0.25, 0.3) is 0 Å². The van der Waals surface area contributed by atoms with E-state index in [4.69, 9.17) is 43.1 Å². The number of nitrogens with one attached hydrogen (secondary N) is 5. The maximum atomic E-state index is 13.5. The predicted octanol–water partition coefficient (Wildman–Crippen LogP) is 8.24. The lowest BCUT2D eigenvalue weighted by Crippen LogP contribution is -2.53. The van der Waals surface area contributed by atoms with Gasteiger partial charge in [0.05, 0.1) is 17.4 Å². The number of ether oxygens (including phenoxy) is 3. The minimum atomic E-state index is -1.06.